The van der Waals surface area contributed by atoms with E-state index in [-0.39, 0.29) is 36.0 Å². The number of carbonyl (C=O) groups is 2. The predicted molar refractivity (Wildman–Crippen MR) is 121 cm³/mol. The molecule has 0 aliphatic heterocycles. The molecule has 4 rings (SSSR count). The summed E-state index contributed by atoms with van der Waals surface area (Å²) in [6, 6.07) is 14.8. The van der Waals surface area contributed by atoms with Gasteiger partial charge in [0.25, 0.3) is 0 Å². The van der Waals surface area contributed by atoms with Gasteiger partial charge >= 0.3 is 6.18 Å². The molecule has 0 saturated heterocycles. The van der Waals surface area contributed by atoms with E-state index in [1.807, 2.05) is 0 Å². The van der Waals surface area contributed by atoms with Gasteiger partial charge in [-0.3, -0.25) is 9.59 Å². The zero-order valence-electron chi connectivity index (χ0n) is 18.4. The number of nitriles is 1. The summed E-state index contributed by atoms with van der Waals surface area (Å²) in [5.74, 6) is 1.13. The second-order valence-electron chi connectivity index (χ2n) is 8.27. The van der Waals surface area contributed by atoms with Crippen molar-refractivity contribution in [2.45, 2.75) is 31.9 Å². The molecule has 178 valence electrons. The van der Waals surface area contributed by atoms with Crippen molar-refractivity contribution in [1.29, 1.82) is 5.26 Å². The molecule has 6 nitrogen and oxygen atoms in total. The molecule has 0 atom stereocenters. The Labute approximate surface area is 199 Å². The van der Waals surface area contributed by atoms with Gasteiger partial charge in [-0.1, -0.05) is 18.2 Å². The Bertz CT molecular complexity index is 1290. The normalized spacial score (nSPS) is 13.1. The zero-order valence-corrected chi connectivity index (χ0v) is 18.4. The molecule has 1 aromatic heterocycles. The van der Waals surface area contributed by atoms with Crippen LogP contribution in [-0.4, -0.2) is 16.7 Å². The van der Waals surface area contributed by atoms with Crippen LogP contribution in [0.3, 0.4) is 0 Å². The summed E-state index contributed by atoms with van der Waals surface area (Å²) in [4.78, 5) is 28.4. The molecule has 1 amide bonds. The van der Waals surface area contributed by atoms with Gasteiger partial charge in [0.1, 0.15) is 23.1 Å². The summed E-state index contributed by atoms with van der Waals surface area (Å²) in [7, 11) is 0. The minimum atomic E-state index is -4.67. The Morgan fingerprint density at radius 2 is 1.69 bits per heavy atom. The number of hydrogen-bond donors (Lipinski definition) is 1. The lowest BCUT2D eigenvalue weighted by Crippen LogP contribution is -2.14. The van der Waals surface area contributed by atoms with E-state index in [0.717, 1.165) is 25.0 Å². The molecule has 1 aliphatic carbocycles. The number of hydrogen-bond acceptors (Lipinski definition) is 5. The van der Waals surface area contributed by atoms with Crippen LogP contribution >= 0.6 is 0 Å². The number of halogens is 3. The number of benzene rings is 2. The summed E-state index contributed by atoms with van der Waals surface area (Å²) in [5.41, 5.74) is -0.642. The van der Waals surface area contributed by atoms with E-state index in [1.54, 1.807) is 36.4 Å². The van der Waals surface area contributed by atoms with Crippen molar-refractivity contribution in [2.24, 2.45) is 5.92 Å². The molecule has 35 heavy (non-hydrogen) atoms. The molecular formula is C26H20F3N3O3. The first-order valence-electron chi connectivity index (χ1n) is 10.9. The van der Waals surface area contributed by atoms with Crippen LogP contribution in [0, 0.1) is 17.2 Å². The zero-order chi connectivity index (χ0) is 25.0. The standard InChI is InChI=1S/C26H20F3N3O3/c27-26(28,29)23-13-17(1-4-19(23)15-30)12-20(33)11-16-2-7-21(8-3-16)35-22-9-10-31-24(14-22)32-25(34)18-5-6-18/h1-4,7-10,13-14,18H,5-6,11-12H2,(H,31,32,34). The van der Waals surface area contributed by atoms with Crippen molar-refractivity contribution in [1.82, 2.24) is 4.98 Å². The van der Waals surface area contributed by atoms with Crippen molar-refractivity contribution < 1.29 is 27.5 Å². The van der Waals surface area contributed by atoms with E-state index < -0.39 is 17.3 Å². The van der Waals surface area contributed by atoms with Gasteiger partial charge in [-0.2, -0.15) is 18.4 Å². The number of anilines is 1. The highest BCUT2D eigenvalue weighted by Crippen LogP contribution is 2.33. The highest BCUT2D eigenvalue weighted by molar-refractivity contribution is 5.93. The third kappa shape index (κ3) is 6.44. The average Bonchev–Trinajstić information content (AvgIpc) is 3.66. The highest BCUT2D eigenvalue weighted by atomic mass is 19.4. The summed E-state index contributed by atoms with van der Waals surface area (Å²) < 4.78 is 45.2. The molecule has 0 bridgehead atoms. The maximum Gasteiger partial charge on any atom is 0.417 e. The van der Waals surface area contributed by atoms with E-state index >= 15 is 0 Å². The molecule has 1 saturated carbocycles. The van der Waals surface area contributed by atoms with Crippen molar-refractivity contribution in [3.8, 4) is 17.6 Å². The molecule has 0 spiro atoms. The van der Waals surface area contributed by atoms with Gasteiger partial charge in [-0.15, -0.1) is 0 Å². The third-order valence-electron chi connectivity index (χ3n) is 5.40. The van der Waals surface area contributed by atoms with E-state index in [2.05, 4.69) is 10.3 Å². The van der Waals surface area contributed by atoms with Gasteiger partial charge in [0.15, 0.2) is 0 Å². The largest absolute Gasteiger partial charge is 0.457 e. The lowest BCUT2D eigenvalue weighted by atomic mass is 9.98. The predicted octanol–water partition coefficient (Wildman–Crippen LogP) is 5.47. The van der Waals surface area contributed by atoms with Crippen LogP contribution < -0.4 is 10.1 Å². The first kappa shape index (κ1) is 24.0. The lowest BCUT2D eigenvalue weighted by Gasteiger charge is -2.11. The van der Waals surface area contributed by atoms with E-state index in [0.29, 0.717) is 22.9 Å². The number of aromatic nitrogens is 1. The molecule has 0 unspecified atom stereocenters. The first-order chi connectivity index (χ1) is 16.7. The van der Waals surface area contributed by atoms with Gasteiger partial charge < -0.3 is 10.1 Å². The topological polar surface area (TPSA) is 92.1 Å². The molecule has 0 radical (unpaired) electrons. The van der Waals surface area contributed by atoms with Crippen LogP contribution in [0.15, 0.2) is 60.8 Å². The number of pyridine rings is 1. The molecular weight excluding hydrogens is 459 g/mol. The monoisotopic (exact) mass is 479 g/mol. The van der Waals surface area contributed by atoms with Crippen LogP contribution in [0.5, 0.6) is 11.5 Å². The first-order valence-corrected chi connectivity index (χ1v) is 10.9. The summed E-state index contributed by atoms with van der Waals surface area (Å²) >= 11 is 0. The maximum atomic E-state index is 13.1. The SMILES string of the molecule is N#Cc1ccc(CC(=O)Cc2ccc(Oc3ccnc(NC(=O)C4CC4)c3)cc2)cc1C(F)(F)F. The molecule has 1 aliphatic rings. The van der Waals surface area contributed by atoms with Crippen LogP contribution in [0.1, 0.15) is 35.1 Å². The lowest BCUT2D eigenvalue weighted by molar-refractivity contribution is -0.138. The Balaban J connectivity index is 1.35. The number of nitrogens with one attached hydrogen (secondary N) is 1. The fourth-order valence-corrected chi connectivity index (χ4v) is 3.48. The average molecular weight is 479 g/mol. The minimum Gasteiger partial charge on any atom is -0.457 e. The fraction of sp³-hybridized carbons (Fsp3) is 0.231. The van der Waals surface area contributed by atoms with Crippen molar-refractivity contribution in [3.63, 3.8) is 0 Å². The van der Waals surface area contributed by atoms with Gasteiger partial charge in [0.05, 0.1) is 17.2 Å². The van der Waals surface area contributed by atoms with Crippen molar-refractivity contribution in [3.05, 3.63) is 83.0 Å². The summed E-state index contributed by atoms with van der Waals surface area (Å²) in [6.45, 7) is 0. The Hall–Kier alpha value is -4.19. The molecule has 1 N–H and O–H groups in total. The van der Waals surface area contributed by atoms with Crippen molar-refractivity contribution in [2.75, 3.05) is 5.32 Å². The number of ether oxygens (including phenoxy) is 1. The maximum absolute atomic E-state index is 13.1. The van der Waals surface area contributed by atoms with E-state index in [4.69, 9.17) is 10.00 Å². The van der Waals surface area contributed by atoms with Gasteiger partial charge in [0, 0.05) is 31.0 Å². The Kier molecular flexibility index (Phi) is 6.82. The van der Waals surface area contributed by atoms with E-state index in [9.17, 15) is 22.8 Å². The molecule has 9 heteroatoms. The fourth-order valence-electron chi connectivity index (χ4n) is 3.48. The number of rotatable bonds is 8. The van der Waals surface area contributed by atoms with Crippen molar-refractivity contribution >= 4 is 17.5 Å². The number of ketones is 1. The molecule has 1 heterocycles. The summed E-state index contributed by atoms with van der Waals surface area (Å²) in [5, 5.41) is 11.6. The number of Topliss-reactive ketones (excluding diaryl/α,β-unsaturated/α-hetero) is 1. The third-order valence-corrected chi connectivity index (χ3v) is 5.40. The van der Waals surface area contributed by atoms with E-state index in [1.165, 1.54) is 18.3 Å². The second kappa shape index (κ2) is 9.97. The quantitative estimate of drug-likeness (QED) is 0.463. The second-order valence-corrected chi connectivity index (χ2v) is 8.27. The number of nitrogens with zero attached hydrogens (tertiary/aromatic N) is 2. The highest BCUT2D eigenvalue weighted by Gasteiger charge is 2.34. The molecule has 1 fully saturated rings. The molecule has 3 aromatic rings. The van der Waals surface area contributed by atoms with Crippen LogP contribution in [-0.2, 0) is 28.6 Å². The number of carbonyl (C=O) groups excluding carboxylic acids is 2. The van der Waals surface area contributed by atoms with Crippen LogP contribution in [0.2, 0.25) is 0 Å². The smallest absolute Gasteiger partial charge is 0.417 e. The van der Waals surface area contributed by atoms with Gasteiger partial charge in [-0.25, -0.2) is 4.98 Å². The van der Waals surface area contributed by atoms with Crippen LogP contribution in [0.4, 0.5) is 19.0 Å². The molecule has 2 aromatic carbocycles. The Morgan fingerprint density at radius 1 is 1.00 bits per heavy atom. The number of amides is 1. The number of alkyl halides is 3. The minimum absolute atomic E-state index is 0.0359. The van der Waals surface area contributed by atoms with Gasteiger partial charge in [-0.05, 0) is 54.3 Å². The van der Waals surface area contributed by atoms with Gasteiger partial charge in [0.2, 0.25) is 5.91 Å². The summed E-state index contributed by atoms with van der Waals surface area (Å²) in [6.07, 6.45) is -1.51. The van der Waals surface area contributed by atoms with Crippen LogP contribution in [0.25, 0.3) is 0 Å². The Morgan fingerprint density at radius 3 is 2.34 bits per heavy atom.